The Hall–Kier alpha value is -2.74. The third-order valence-corrected chi connectivity index (χ3v) is 5.71. The van der Waals surface area contributed by atoms with Crippen molar-refractivity contribution in [2.75, 3.05) is 6.61 Å². The van der Waals surface area contributed by atoms with Crippen molar-refractivity contribution in [1.82, 2.24) is 10.2 Å². The Morgan fingerprint density at radius 2 is 1.64 bits per heavy atom. The minimum absolute atomic E-state index is 0.105. The van der Waals surface area contributed by atoms with Crippen LogP contribution in [0.15, 0.2) is 77.7 Å². The van der Waals surface area contributed by atoms with E-state index in [0.29, 0.717) is 0 Å². The van der Waals surface area contributed by atoms with Gasteiger partial charge in [-0.3, -0.25) is 9.63 Å². The first-order chi connectivity index (χ1) is 13.5. The van der Waals surface area contributed by atoms with Crippen LogP contribution in [0.1, 0.15) is 12.5 Å². The van der Waals surface area contributed by atoms with Gasteiger partial charge in [0.2, 0.25) is 10.0 Å². The average molecular weight is 398 g/mol. The molecule has 3 rings (SSSR count). The number of carbonyl (C=O) groups excluding carboxylic acids is 1. The van der Waals surface area contributed by atoms with Gasteiger partial charge in [-0.15, -0.1) is 0 Å². The average Bonchev–Trinajstić information content (AvgIpc) is 2.71. The Balaban J connectivity index is 1.87. The zero-order valence-corrected chi connectivity index (χ0v) is 16.3. The molecule has 3 aromatic rings. The molecule has 0 saturated carbocycles. The van der Waals surface area contributed by atoms with E-state index in [1.165, 1.54) is 6.07 Å². The van der Waals surface area contributed by atoms with Crippen LogP contribution in [0.25, 0.3) is 10.8 Å². The number of benzene rings is 3. The molecule has 28 heavy (non-hydrogen) atoms. The molecule has 2 N–H and O–H groups in total. The van der Waals surface area contributed by atoms with Crippen molar-refractivity contribution in [3.8, 4) is 0 Å². The van der Waals surface area contributed by atoms with Gasteiger partial charge in [-0.25, -0.2) is 13.9 Å². The van der Waals surface area contributed by atoms with E-state index < -0.39 is 22.0 Å². The van der Waals surface area contributed by atoms with Crippen LogP contribution in [0.3, 0.4) is 0 Å². The number of hydrogen-bond donors (Lipinski definition) is 2. The third kappa shape index (κ3) is 4.95. The Morgan fingerprint density at radius 3 is 2.36 bits per heavy atom. The van der Waals surface area contributed by atoms with Crippen molar-refractivity contribution in [2.45, 2.75) is 24.3 Å². The van der Waals surface area contributed by atoms with Crippen LogP contribution >= 0.6 is 0 Å². The van der Waals surface area contributed by atoms with Crippen LogP contribution < -0.4 is 10.2 Å². The summed E-state index contributed by atoms with van der Waals surface area (Å²) in [5.41, 5.74) is 3.12. The Bertz CT molecular complexity index is 1050. The number of fused-ring (bicyclic) bond motifs is 1. The van der Waals surface area contributed by atoms with E-state index in [1.54, 1.807) is 19.1 Å². The highest BCUT2D eigenvalue weighted by Crippen LogP contribution is 2.19. The zero-order valence-electron chi connectivity index (χ0n) is 15.5. The van der Waals surface area contributed by atoms with E-state index in [-0.39, 0.29) is 17.9 Å². The maximum absolute atomic E-state index is 12.9. The van der Waals surface area contributed by atoms with Crippen molar-refractivity contribution < 1.29 is 18.0 Å². The highest BCUT2D eigenvalue weighted by atomic mass is 32.2. The van der Waals surface area contributed by atoms with Crippen molar-refractivity contribution in [3.63, 3.8) is 0 Å². The van der Waals surface area contributed by atoms with Crippen LogP contribution in [-0.2, 0) is 26.1 Å². The first-order valence-corrected chi connectivity index (χ1v) is 10.4. The van der Waals surface area contributed by atoms with Gasteiger partial charge in [0.25, 0.3) is 5.91 Å². The number of hydroxylamine groups is 1. The predicted molar refractivity (Wildman–Crippen MR) is 108 cm³/mol. The quantitative estimate of drug-likeness (QED) is 0.572. The first kappa shape index (κ1) is 20.0. The third-order valence-electron chi connectivity index (χ3n) is 4.24. The number of hydrogen-bond acceptors (Lipinski definition) is 4. The number of amides is 1. The molecule has 0 aliphatic carbocycles. The van der Waals surface area contributed by atoms with Crippen LogP contribution in [0.5, 0.6) is 0 Å². The van der Waals surface area contributed by atoms with E-state index in [4.69, 9.17) is 4.84 Å². The molecule has 0 saturated heterocycles. The highest BCUT2D eigenvalue weighted by molar-refractivity contribution is 7.89. The van der Waals surface area contributed by atoms with E-state index >= 15 is 0 Å². The van der Waals surface area contributed by atoms with Gasteiger partial charge in [0.15, 0.2) is 0 Å². The predicted octanol–water partition coefficient (Wildman–Crippen LogP) is 2.80. The summed E-state index contributed by atoms with van der Waals surface area (Å²) in [6.07, 6.45) is 0.201. The molecule has 0 aromatic heterocycles. The lowest BCUT2D eigenvalue weighted by Gasteiger charge is -2.18. The minimum atomic E-state index is -3.91. The van der Waals surface area contributed by atoms with Crippen molar-refractivity contribution in [1.29, 1.82) is 0 Å². The molecule has 1 atom stereocenters. The van der Waals surface area contributed by atoms with Gasteiger partial charge < -0.3 is 0 Å². The van der Waals surface area contributed by atoms with Crippen molar-refractivity contribution in [2.24, 2.45) is 0 Å². The number of carbonyl (C=O) groups is 1. The summed E-state index contributed by atoms with van der Waals surface area (Å²) >= 11 is 0. The second-order valence-electron chi connectivity index (χ2n) is 6.27. The number of sulfonamides is 1. The Labute approximate surface area is 164 Å². The fraction of sp³-hybridized carbons (Fsp3) is 0.190. The summed E-state index contributed by atoms with van der Waals surface area (Å²) in [5, 5.41) is 1.75. The molecule has 0 radical (unpaired) electrons. The standard InChI is InChI=1S/C21H22N2O4S/c1-2-27-22-21(24)20(14-16-8-4-3-5-9-16)23-28(25,26)19-13-12-17-10-6-7-11-18(17)15-19/h3-13,15,20,23H,2,14H2,1H3,(H,22,24). The molecule has 3 aromatic carbocycles. The topological polar surface area (TPSA) is 84.5 Å². The first-order valence-electron chi connectivity index (χ1n) is 8.96. The van der Waals surface area contributed by atoms with E-state index in [0.717, 1.165) is 16.3 Å². The van der Waals surface area contributed by atoms with Crippen molar-refractivity contribution in [3.05, 3.63) is 78.4 Å². The number of rotatable bonds is 8. The molecule has 0 fully saturated rings. The van der Waals surface area contributed by atoms with Gasteiger partial charge in [-0.1, -0.05) is 60.7 Å². The molecule has 0 heterocycles. The summed E-state index contributed by atoms with van der Waals surface area (Å²) in [6.45, 7) is 2.01. The minimum Gasteiger partial charge on any atom is -0.274 e. The maximum Gasteiger partial charge on any atom is 0.262 e. The normalized spacial score (nSPS) is 12.6. The van der Waals surface area contributed by atoms with Crippen molar-refractivity contribution >= 4 is 26.7 Å². The van der Waals surface area contributed by atoms with Gasteiger partial charge in [-0.05, 0) is 41.8 Å². The Kier molecular flexibility index (Phi) is 6.41. The molecule has 6 nitrogen and oxygen atoms in total. The van der Waals surface area contributed by atoms with Crippen LogP contribution in [0.2, 0.25) is 0 Å². The molecule has 1 unspecified atom stereocenters. The van der Waals surface area contributed by atoms with E-state index in [9.17, 15) is 13.2 Å². The molecule has 1 amide bonds. The summed E-state index contributed by atoms with van der Waals surface area (Å²) in [6, 6.07) is 20.6. The molecule has 0 aliphatic rings. The second kappa shape index (κ2) is 8.97. The molecule has 7 heteroatoms. The van der Waals surface area contributed by atoms with Crippen LogP contribution in [0.4, 0.5) is 0 Å². The Morgan fingerprint density at radius 1 is 0.964 bits per heavy atom. The lowest BCUT2D eigenvalue weighted by atomic mass is 10.1. The molecular formula is C21H22N2O4S. The van der Waals surface area contributed by atoms with Gasteiger partial charge in [0.1, 0.15) is 6.04 Å². The SMILES string of the molecule is CCONC(=O)C(Cc1ccccc1)NS(=O)(=O)c1ccc2ccccc2c1. The van der Waals surface area contributed by atoms with E-state index in [1.807, 2.05) is 54.6 Å². The lowest BCUT2D eigenvalue weighted by Crippen LogP contribution is -2.47. The van der Waals surface area contributed by atoms with E-state index in [2.05, 4.69) is 10.2 Å². The zero-order chi connectivity index (χ0) is 20.0. The molecule has 146 valence electrons. The second-order valence-corrected chi connectivity index (χ2v) is 7.99. The summed E-state index contributed by atoms with van der Waals surface area (Å²) in [5.74, 6) is -0.546. The van der Waals surface area contributed by atoms with Crippen LogP contribution in [-0.4, -0.2) is 27.0 Å². The summed E-state index contributed by atoms with van der Waals surface area (Å²) in [7, 11) is -3.91. The fourth-order valence-electron chi connectivity index (χ4n) is 2.84. The smallest absolute Gasteiger partial charge is 0.262 e. The van der Waals surface area contributed by atoms with Gasteiger partial charge >= 0.3 is 0 Å². The highest BCUT2D eigenvalue weighted by Gasteiger charge is 2.26. The fourth-order valence-corrected chi connectivity index (χ4v) is 4.07. The molecular weight excluding hydrogens is 376 g/mol. The molecule has 0 bridgehead atoms. The monoisotopic (exact) mass is 398 g/mol. The molecule has 0 spiro atoms. The summed E-state index contributed by atoms with van der Waals surface area (Å²) < 4.78 is 28.4. The lowest BCUT2D eigenvalue weighted by molar-refractivity contribution is -0.134. The van der Waals surface area contributed by atoms with Gasteiger partial charge in [-0.2, -0.15) is 4.72 Å². The summed E-state index contributed by atoms with van der Waals surface area (Å²) in [4.78, 5) is 17.5. The van der Waals surface area contributed by atoms with Gasteiger partial charge in [0.05, 0.1) is 11.5 Å². The van der Waals surface area contributed by atoms with Crippen LogP contribution in [0, 0.1) is 0 Å². The van der Waals surface area contributed by atoms with Gasteiger partial charge in [0, 0.05) is 0 Å². The number of nitrogens with one attached hydrogen (secondary N) is 2. The largest absolute Gasteiger partial charge is 0.274 e. The molecule has 0 aliphatic heterocycles. The maximum atomic E-state index is 12.9.